The molecule has 0 saturated heterocycles. The van der Waals surface area contributed by atoms with Gasteiger partial charge in [0.1, 0.15) is 6.10 Å². The van der Waals surface area contributed by atoms with E-state index >= 15 is 0 Å². The Morgan fingerprint density at radius 3 is 1.86 bits per heavy atom. The molecule has 0 radical (unpaired) electrons. The van der Waals surface area contributed by atoms with Crippen molar-refractivity contribution in [3.05, 3.63) is 12.2 Å². The molecule has 0 saturated carbocycles. The number of ether oxygens (including phenoxy) is 1. The summed E-state index contributed by atoms with van der Waals surface area (Å²) in [7, 11) is -9.24. The molecule has 13 heteroatoms. The van der Waals surface area contributed by atoms with Gasteiger partial charge in [-0.05, 0) is 32.1 Å². The van der Waals surface area contributed by atoms with Gasteiger partial charge in [0.15, 0.2) is 0 Å². The van der Waals surface area contributed by atoms with E-state index in [0.29, 0.717) is 6.42 Å². The van der Waals surface area contributed by atoms with Gasteiger partial charge in [-0.1, -0.05) is 70.4 Å². The van der Waals surface area contributed by atoms with Crippen molar-refractivity contribution in [1.29, 1.82) is 0 Å². The lowest BCUT2D eigenvalue weighted by Gasteiger charge is -2.15. The number of carbonyl (C=O) groups excluding carboxylic acids is 1. The Balaban J connectivity index is 3.54. The number of phosphoric ester groups is 2. The molecule has 2 atom stereocenters. The van der Waals surface area contributed by atoms with Crippen LogP contribution in [0.1, 0.15) is 103 Å². The third kappa shape index (κ3) is 28.2. The van der Waals surface area contributed by atoms with E-state index in [4.69, 9.17) is 14.5 Å². The molecule has 0 aliphatic carbocycles. The van der Waals surface area contributed by atoms with Crippen molar-refractivity contribution in [3.8, 4) is 0 Å². The molecule has 0 rings (SSSR count). The van der Waals surface area contributed by atoms with Crippen LogP contribution in [0.15, 0.2) is 12.2 Å². The van der Waals surface area contributed by atoms with Gasteiger partial charge in [0.05, 0.1) is 26.4 Å². The molecule has 2 unspecified atom stereocenters. The Kier molecular flexibility index (Phi) is 22.9. The number of aliphatic hydroxyl groups is 1. The first-order valence-electron chi connectivity index (χ1n) is 13.4. The molecule has 37 heavy (non-hydrogen) atoms. The van der Waals surface area contributed by atoms with Gasteiger partial charge in [0.2, 0.25) is 0 Å². The van der Waals surface area contributed by atoms with Crippen LogP contribution in [0.4, 0.5) is 0 Å². The third-order valence-corrected chi connectivity index (χ3v) is 6.78. The Morgan fingerprint density at radius 2 is 1.27 bits per heavy atom. The van der Waals surface area contributed by atoms with Gasteiger partial charge in [0, 0.05) is 12.8 Å². The molecular weight excluding hydrogens is 526 g/mol. The highest BCUT2D eigenvalue weighted by Crippen LogP contribution is 2.43. The zero-order valence-electron chi connectivity index (χ0n) is 22.2. The molecule has 0 heterocycles. The summed E-state index contributed by atoms with van der Waals surface area (Å²) in [5.74, 6) is -0.321. The van der Waals surface area contributed by atoms with Crippen molar-refractivity contribution in [2.24, 2.45) is 0 Å². The van der Waals surface area contributed by atoms with Crippen molar-refractivity contribution >= 4 is 21.6 Å². The molecule has 0 spiro atoms. The van der Waals surface area contributed by atoms with Crippen LogP contribution in [0.5, 0.6) is 0 Å². The number of rotatable bonds is 26. The zero-order valence-corrected chi connectivity index (χ0v) is 24.0. The second kappa shape index (κ2) is 23.3. The van der Waals surface area contributed by atoms with Crippen LogP contribution in [0, 0.1) is 0 Å². The fraction of sp³-hybridized carbons (Fsp3) is 0.875. The maximum absolute atomic E-state index is 11.8. The number of esters is 1. The SMILES string of the molecule is CCCCCC/C=C\CCCCCCCCCC(=O)OCCCOP(=O)(O)OCC(O)COP(=O)(O)O. The predicted octanol–water partition coefficient (Wildman–Crippen LogP) is 5.56. The highest BCUT2D eigenvalue weighted by molar-refractivity contribution is 7.47. The number of carbonyl (C=O) groups is 1. The van der Waals surface area contributed by atoms with Crippen LogP contribution in [-0.2, 0) is 32.2 Å². The van der Waals surface area contributed by atoms with Crippen molar-refractivity contribution in [2.45, 2.75) is 109 Å². The van der Waals surface area contributed by atoms with Crippen molar-refractivity contribution in [1.82, 2.24) is 0 Å². The summed E-state index contributed by atoms with van der Waals surface area (Å²) in [6.07, 6.45) is 18.9. The molecule has 220 valence electrons. The summed E-state index contributed by atoms with van der Waals surface area (Å²) >= 11 is 0. The Hall–Kier alpha value is -0.610. The van der Waals surface area contributed by atoms with E-state index in [1.807, 2.05) is 0 Å². The Morgan fingerprint density at radius 1 is 0.730 bits per heavy atom. The quantitative estimate of drug-likeness (QED) is 0.0441. The van der Waals surface area contributed by atoms with Gasteiger partial charge >= 0.3 is 21.6 Å². The van der Waals surface area contributed by atoms with E-state index in [1.54, 1.807) is 0 Å². The average molecular weight is 575 g/mol. The van der Waals surface area contributed by atoms with E-state index in [-0.39, 0.29) is 25.6 Å². The molecule has 0 aromatic carbocycles. The Labute approximate surface area is 221 Å². The Bertz CT molecular complexity index is 682. The summed E-state index contributed by atoms with van der Waals surface area (Å²) in [5.41, 5.74) is 0. The zero-order chi connectivity index (χ0) is 27.8. The summed E-state index contributed by atoms with van der Waals surface area (Å²) in [5, 5.41) is 9.41. The number of hydrogen-bond acceptors (Lipinski definition) is 8. The highest BCUT2D eigenvalue weighted by Gasteiger charge is 2.24. The largest absolute Gasteiger partial charge is 0.472 e. The molecule has 0 fully saturated rings. The first-order chi connectivity index (χ1) is 17.6. The van der Waals surface area contributed by atoms with Gasteiger partial charge in [-0.25, -0.2) is 9.13 Å². The number of aliphatic hydroxyl groups excluding tert-OH is 1. The van der Waals surface area contributed by atoms with Crippen molar-refractivity contribution in [2.75, 3.05) is 26.4 Å². The first kappa shape index (κ1) is 36.4. The lowest BCUT2D eigenvalue weighted by atomic mass is 10.1. The summed E-state index contributed by atoms with van der Waals surface area (Å²) < 4.78 is 40.5. The molecule has 0 aromatic rings. The van der Waals surface area contributed by atoms with E-state index in [0.717, 1.165) is 25.7 Å². The van der Waals surface area contributed by atoms with Gasteiger partial charge in [-0.3, -0.25) is 18.4 Å². The molecule has 0 amide bonds. The van der Waals surface area contributed by atoms with Crippen LogP contribution < -0.4 is 0 Å². The van der Waals surface area contributed by atoms with Crippen molar-refractivity contribution < 1.29 is 52.0 Å². The van der Waals surface area contributed by atoms with E-state index in [9.17, 15) is 23.9 Å². The molecule has 11 nitrogen and oxygen atoms in total. The highest BCUT2D eigenvalue weighted by atomic mass is 31.2. The van der Waals surface area contributed by atoms with Crippen LogP contribution in [0.25, 0.3) is 0 Å². The normalized spacial score (nSPS) is 14.6. The van der Waals surface area contributed by atoms with Crippen LogP contribution >= 0.6 is 15.6 Å². The average Bonchev–Trinajstić information content (AvgIpc) is 2.83. The standard InChI is InChI=1S/C24H48O11P2/c1-2-3-4-5-6-7-8-9-10-11-12-13-14-15-16-18-24(26)32-19-17-20-33-37(30,31)35-22-23(25)21-34-36(27,28)29/h7-8,23,25H,2-6,9-22H2,1H3,(H,30,31)(H2,27,28,29)/b8-7-. The van der Waals surface area contributed by atoms with E-state index < -0.39 is 35.0 Å². The first-order valence-corrected chi connectivity index (χ1v) is 16.4. The minimum Gasteiger partial charge on any atom is -0.466 e. The van der Waals surface area contributed by atoms with Gasteiger partial charge in [-0.15, -0.1) is 0 Å². The van der Waals surface area contributed by atoms with Gasteiger partial charge < -0.3 is 24.5 Å². The maximum atomic E-state index is 11.8. The van der Waals surface area contributed by atoms with Crippen molar-refractivity contribution in [3.63, 3.8) is 0 Å². The minimum absolute atomic E-state index is 0.0325. The molecule has 0 aromatic heterocycles. The summed E-state index contributed by atoms with van der Waals surface area (Å²) in [4.78, 5) is 38.3. The topological polar surface area (TPSA) is 169 Å². The summed E-state index contributed by atoms with van der Waals surface area (Å²) in [6.45, 7) is 0.540. The minimum atomic E-state index is -4.76. The molecule has 0 aliphatic rings. The summed E-state index contributed by atoms with van der Waals surface area (Å²) in [6, 6.07) is 0. The smallest absolute Gasteiger partial charge is 0.466 e. The maximum Gasteiger partial charge on any atom is 0.472 e. The monoisotopic (exact) mass is 574 g/mol. The van der Waals surface area contributed by atoms with Crippen LogP contribution in [-0.4, -0.2) is 58.3 Å². The number of allylic oxidation sites excluding steroid dienone is 2. The lowest BCUT2D eigenvalue weighted by molar-refractivity contribution is -0.144. The van der Waals surface area contributed by atoms with Gasteiger partial charge in [-0.2, -0.15) is 0 Å². The second-order valence-corrected chi connectivity index (χ2v) is 11.6. The molecular formula is C24H48O11P2. The number of unbranched alkanes of at least 4 members (excludes halogenated alkanes) is 11. The van der Waals surface area contributed by atoms with E-state index in [2.05, 4.69) is 32.6 Å². The molecule has 0 bridgehead atoms. The number of phosphoric acid groups is 2. The van der Waals surface area contributed by atoms with Gasteiger partial charge in [0.25, 0.3) is 0 Å². The predicted molar refractivity (Wildman–Crippen MR) is 141 cm³/mol. The lowest BCUT2D eigenvalue weighted by Crippen LogP contribution is -2.20. The van der Waals surface area contributed by atoms with Crippen LogP contribution in [0.2, 0.25) is 0 Å². The molecule has 0 aliphatic heterocycles. The molecule has 4 N–H and O–H groups in total. The fourth-order valence-electron chi connectivity index (χ4n) is 3.29. The van der Waals surface area contributed by atoms with E-state index in [1.165, 1.54) is 57.8 Å². The third-order valence-electron chi connectivity index (χ3n) is 5.31. The van der Waals surface area contributed by atoms with Crippen LogP contribution in [0.3, 0.4) is 0 Å². The number of hydrogen-bond donors (Lipinski definition) is 4. The second-order valence-electron chi connectivity index (χ2n) is 8.95. The fourth-order valence-corrected chi connectivity index (χ4v) is 4.45.